The molecule has 0 saturated carbocycles. The van der Waals surface area contributed by atoms with Gasteiger partial charge in [0.2, 0.25) is 0 Å². The lowest BCUT2D eigenvalue weighted by molar-refractivity contribution is -0.385. The molecule has 0 aliphatic carbocycles. The molecule has 28 heavy (non-hydrogen) atoms. The molecule has 0 bridgehead atoms. The number of halogens is 2. The minimum absolute atomic E-state index is 0.0581. The smallest absolute Gasteiger partial charge is 0.336 e. The van der Waals surface area contributed by atoms with E-state index >= 15 is 0 Å². The van der Waals surface area contributed by atoms with Crippen LogP contribution in [0, 0.1) is 10.1 Å². The van der Waals surface area contributed by atoms with Crippen molar-refractivity contribution >= 4 is 53.3 Å². The number of rotatable bonds is 6. The molecule has 2 rings (SSSR count). The molecule has 148 valence electrons. The van der Waals surface area contributed by atoms with Gasteiger partial charge in [0.15, 0.2) is 0 Å². The molecule has 9 nitrogen and oxygen atoms in total. The Balaban J connectivity index is 2.93. The van der Waals surface area contributed by atoms with Gasteiger partial charge in [-0.2, -0.15) is 0 Å². The lowest BCUT2D eigenvalue weighted by Gasteiger charge is -2.18. The molecule has 1 N–H and O–H groups in total. The van der Waals surface area contributed by atoms with E-state index in [1.54, 1.807) is 0 Å². The van der Waals surface area contributed by atoms with Crippen molar-refractivity contribution in [3.8, 4) is 0 Å². The summed E-state index contributed by atoms with van der Waals surface area (Å²) < 4.78 is 28.3. The highest BCUT2D eigenvalue weighted by Gasteiger charge is 2.35. The predicted octanol–water partition coefficient (Wildman–Crippen LogP) is 3.29. The second kappa shape index (κ2) is 8.25. The van der Waals surface area contributed by atoms with Gasteiger partial charge in [-0.15, -0.1) is 0 Å². The van der Waals surface area contributed by atoms with Gasteiger partial charge in [-0.25, -0.2) is 13.2 Å². The minimum Gasteiger partial charge on any atom is -0.478 e. The molecule has 0 heterocycles. The van der Waals surface area contributed by atoms with Crippen molar-refractivity contribution in [2.75, 3.05) is 7.11 Å². The molecule has 1 atom stereocenters. The summed E-state index contributed by atoms with van der Waals surface area (Å²) in [6, 6.07) is 6.80. The number of carbonyl (C=O) groups is 2. The molecule has 0 radical (unpaired) electrons. The summed E-state index contributed by atoms with van der Waals surface area (Å²) in [5, 5.41) is 20.9. The van der Waals surface area contributed by atoms with Crippen molar-refractivity contribution in [3.05, 3.63) is 67.7 Å². The standard InChI is InChI=1S/C16H11BrClNO8S/c1-27-16(22)13(8-5-9(17)7-10(6-8)28(18,25)26)14-11(15(20)21)3-2-4-12(14)19(23)24/h2-7,13H,1H3,(H,20,21). The molecule has 2 aromatic rings. The number of nitro groups is 1. The summed E-state index contributed by atoms with van der Waals surface area (Å²) in [7, 11) is 2.17. The van der Waals surface area contributed by atoms with E-state index in [-0.39, 0.29) is 14.9 Å². The molecular weight excluding hydrogens is 482 g/mol. The fourth-order valence-electron chi connectivity index (χ4n) is 2.63. The van der Waals surface area contributed by atoms with Gasteiger partial charge in [0.1, 0.15) is 5.92 Å². The molecule has 0 spiro atoms. The van der Waals surface area contributed by atoms with Crippen LogP contribution >= 0.6 is 26.6 Å². The van der Waals surface area contributed by atoms with Crippen molar-refractivity contribution in [2.45, 2.75) is 10.8 Å². The van der Waals surface area contributed by atoms with E-state index in [2.05, 4.69) is 15.9 Å². The third-order valence-electron chi connectivity index (χ3n) is 3.74. The normalized spacial score (nSPS) is 12.2. The first-order valence-corrected chi connectivity index (χ1v) is 10.4. The predicted molar refractivity (Wildman–Crippen MR) is 101 cm³/mol. The van der Waals surface area contributed by atoms with E-state index in [1.165, 1.54) is 6.07 Å². The number of esters is 1. The number of hydrogen-bond donors (Lipinski definition) is 1. The molecule has 1 unspecified atom stereocenters. The molecule has 0 aliphatic rings. The Morgan fingerprint density at radius 2 is 1.93 bits per heavy atom. The maximum Gasteiger partial charge on any atom is 0.336 e. The molecule has 0 aromatic heterocycles. The number of carboxylic acids is 1. The van der Waals surface area contributed by atoms with Gasteiger partial charge in [-0.1, -0.05) is 22.0 Å². The van der Waals surface area contributed by atoms with Gasteiger partial charge in [0.25, 0.3) is 14.7 Å². The van der Waals surface area contributed by atoms with E-state index in [1.807, 2.05) is 0 Å². The summed E-state index contributed by atoms with van der Waals surface area (Å²) in [5.74, 6) is -4.12. The molecule has 0 aliphatic heterocycles. The Labute approximate surface area is 171 Å². The summed E-state index contributed by atoms with van der Waals surface area (Å²) in [4.78, 5) is 34.4. The van der Waals surface area contributed by atoms with Crippen LogP contribution in [0.4, 0.5) is 5.69 Å². The number of ether oxygens (including phenoxy) is 1. The highest BCUT2D eigenvalue weighted by atomic mass is 79.9. The van der Waals surface area contributed by atoms with Crippen molar-refractivity contribution in [1.82, 2.24) is 0 Å². The van der Waals surface area contributed by atoms with Gasteiger partial charge >= 0.3 is 11.9 Å². The van der Waals surface area contributed by atoms with Gasteiger partial charge in [-0.05, 0) is 29.8 Å². The summed E-state index contributed by atoms with van der Waals surface area (Å²) in [5.41, 5.74) is -1.63. The van der Waals surface area contributed by atoms with E-state index in [4.69, 9.17) is 15.4 Å². The number of carboxylic acid groups (broad SMARTS) is 1. The second-order valence-electron chi connectivity index (χ2n) is 5.41. The lowest BCUT2D eigenvalue weighted by atomic mass is 9.86. The first-order valence-electron chi connectivity index (χ1n) is 7.31. The molecule has 0 fully saturated rings. The number of nitrogens with zero attached hydrogens (tertiary/aromatic N) is 1. The van der Waals surface area contributed by atoms with Crippen molar-refractivity contribution < 1.29 is 32.8 Å². The maximum atomic E-state index is 12.5. The Morgan fingerprint density at radius 3 is 2.43 bits per heavy atom. The number of aromatic carboxylic acids is 1. The topological polar surface area (TPSA) is 141 Å². The van der Waals surface area contributed by atoms with Crippen LogP contribution in [0.2, 0.25) is 0 Å². The zero-order valence-electron chi connectivity index (χ0n) is 14.0. The average Bonchev–Trinajstić information content (AvgIpc) is 2.60. The van der Waals surface area contributed by atoms with Crippen LogP contribution in [0.3, 0.4) is 0 Å². The molecule has 2 aromatic carbocycles. The molecule has 12 heteroatoms. The van der Waals surface area contributed by atoms with Crippen LogP contribution in [-0.2, 0) is 18.6 Å². The van der Waals surface area contributed by atoms with Crippen LogP contribution < -0.4 is 0 Å². The average molecular weight is 493 g/mol. The zero-order valence-corrected chi connectivity index (χ0v) is 17.1. The summed E-state index contributed by atoms with van der Waals surface area (Å²) in [6.45, 7) is 0. The Morgan fingerprint density at radius 1 is 1.29 bits per heavy atom. The quantitative estimate of drug-likeness (QED) is 0.280. The molecule has 0 saturated heterocycles. The fourth-order valence-corrected chi connectivity index (χ4v) is 4.11. The van der Waals surface area contributed by atoms with E-state index < -0.39 is 48.6 Å². The summed E-state index contributed by atoms with van der Waals surface area (Å²) in [6.07, 6.45) is 0. The van der Waals surface area contributed by atoms with Crippen LogP contribution in [0.1, 0.15) is 27.4 Å². The van der Waals surface area contributed by atoms with E-state index in [0.717, 1.165) is 37.4 Å². The number of nitro benzene ring substituents is 1. The van der Waals surface area contributed by atoms with Crippen LogP contribution in [0.5, 0.6) is 0 Å². The van der Waals surface area contributed by atoms with Gasteiger partial charge in [0, 0.05) is 21.2 Å². The van der Waals surface area contributed by atoms with Crippen LogP contribution in [-0.4, -0.2) is 37.5 Å². The Kier molecular flexibility index (Phi) is 6.42. The van der Waals surface area contributed by atoms with Crippen LogP contribution in [0.25, 0.3) is 0 Å². The number of benzene rings is 2. The first kappa shape index (κ1) is 21.8. The van der Waals surface area contributed by atoms with Gasteiger partial charge < -0.3 is 9.84 Å². The van der Waals surface area contributed by atoms with Gasteiger partial charge in [-0.3, -0.25) is 14.9 Å². The second-order valence-corrected chi connectivity index (χ2v) is 8.90. The van der Waals surface area contributed by atoms with Crippen molar-refractivity contribution in [2.24, 2.45) is 0 Å². The van der Waals surface area contributed by atoms with E-state index in [9.17, 15) is 33.2 Å². The minimum atomic E-state index is -4.21. The number of carbonyl (C=O) groups excluding carboxylic acids is 1. The third-order valence-corrected chi connectivity index (χ3v) is 5.54. The first-order chi connectivity index (χ1) is 13.0. The van der Waals surface area contributed by atoms with Crippen molar-refractivity contribution in [3.63, 3.8) is 0 Å². The van der Waals surface area contributed by atoms with E-state index in [0.29, 0.717) is 0 Å². The number of hydrogen-bond acceptors (Lipinski definition) is 7. The summed E-state index contributed by atoms with van der Waals surface area (Å²) >= 11 is 3.09. The van der Waals surface area contributed by atoms with Crippen molar-refractivity contribution in [1.29, 1.82) is 0 Å². The SMILES string of the molecule is COC(=O)C(c1cc(Br)cc(S(=O)(=O)Cl)c1)c1c(C(=O)O)cccc1[N+](=O)[O-]. The monoisotopic (exact) mass is 491 g/mol. The maximum absolute atomic E-state index is 12.5. The Hall–Kier alpha value is -2.50. The highest BCUT2D eigenvalue weighted by molar-refractivity contribution is 9.10. The molecule has 0 amide bonds. The largest absolute Gasteiger partial charge is 0.478 e. The van der Waals surface area contributed by atoms with Crippen LogP contribution in [0.15, 0.2) is 45.8 Å². The number of methoxy groups -OCH3 is 1. The lowest BCUT2D eigenvalue weighted by Crippen LogP contribution is -2.20. The molecular formula is C16H11BrClNO8S. The fraction of sp³-hybridized carbons (Fsp3) is 0.125. The van der Waals surface area contributed by atoms with Gasteiger partial charge in [0.05, 0.1) is 28.1 Å². The zero-order chi connectivity index (χ0) is 21.2. The third kappa shape index (κ3) is 4.49. The Bertz CT molecular complexity index is 1050. The highest BCUT2D eigenvalue weighted by Crippen LogP contribution is 2.38.